The van der Waals surface area contributed by atoms with Crippen LogP contribution in [0.3, 0.4) is 0 Å². The van der Waals surface area contributed by atoms with Crippen LogP contribution >= 0.6 is 11.6 Å². The number of halogens is 1. The summed E-state index contributed by atoms with van der Waals surface area (Å²) in [4.78, 5) is 31.3. The molecule has 0 radical (unpaired) electrons. The van der Waals surface area contributed by atoms with E-state index in [1.54, 1.807) is 47.2 Å². The molecule has 38 heavy (non-hydrogen) atoms. The number of nitrogens with one attached hydrogen (secondary N) is 2. The van der Waals surface area contributed by atoms with Crippen LogP contribution in [-0.2, 0) is 4.79 Å². The summed E-state index contributed by atoms with van der Waals surface area (Å²) < 4.78 is 8.79. The number of methoxy groups -OCH3 is 1. The number of carbonyl (C=O) groups is 2. The molecule has 5 rings (SSSR count). The maximum absolute atomic E-state index is 13.7. The van der Waals surface area contributed by atoms with Gasteiger partial charge in [-0.15, -0.1) is 0 Å². The van der Waals surface area contributed by atoms with Gasteiger partial charge in [-0.3, -0.25) is 19.0 Å². The number of amides is 2. The van der Waals surface area contributed by atoms with Gasteiger partial charge in [-0.2, -0.15) is 10.2 Å². The highest BCUT2D eigenvalue weighted by Gasteiger charge is 2.48. The summed E-state index contributed by atoms with van der Waals surface area (Å²) in [5.41, 5.74) is 1.77. The molecule has 2 unspecified atom stereocenters. The van der Waals surface area contributed by atoms with Gasteiger partial charge in [0, 0.05) is 30.2 Å². The molecular weight excluding hydrogens is 506 g/mol. The SMILES string of the molecule is COc1ncc(Cl)cc1C(C)n1cc(NC(=O)C(NC(=O)c2ccnn2C(C)C)C(C2CC2)C2CC2)cn1. The molecule has 3 heterocycles. The summed E-state index contributed by atoms with van der Waals surface area (Å²) in [7, 11) is 1.56. The van der Waals surface area contributed by atoms with Crippen LogP contribution in [0.4, 0.5) is 5.69 Å². The topological polar surface area (TPSA) is 116 Å². The first kappa shape index (κ1) is 26.2. The number of anilines is 1. The van der Waals surface area contributed by atoms with Gasteiger partial charge in [0.05, 0.1) is 30.1 Å². The molecule has 11 heteroatoms. The van der Waals surface area contributed by atoms with E-state index in [9.17, 15) is 9.59 Å². The average molecular weight is 540 g/mol. The van der Waals surface area contributed by atoms with Crippen LogP contribution in [0.2, 0.25) is 5.02 Å². The van der Waals surface area contributed by atoms with Crippen LogP contribution in [0.1, 0.15) is 74.6 Å². The number of nitrogens with zero attached hydrogens (tertiary/aromatic N) is 5. The zero-order valence-electron chi connectivity index (χ0n) is 22.1. The molecule has 0 spiro atoms. The quantitative estimate of drug-likeness (QED) is 0.370. The Labute approximate surface area is 227 Å². The summed E-state index contributed by atoms with van der Waals surface area (Å²) in [5, 5.41) is 15.3. The van der Waals surface area contributed by atoms with Crippen LogP contribution in [-0.4, -0.2) is 49.5 Å². The normalized spacial score (nSPS) is 16.9. The number of pyridine rings is 1. The van der Waals surface area contributed by atoms with Gasteiger partial charge in [-0.25, -0.2) is 4.98 Å². The average Bonchev–Trinajstić information content (AvgIpc) is 3.82. The van der Waals surface area contributed by atoms with Crippen molar-refractivity contribution in [3.8, 4) is 5.88 Å². The first-order chi connectivity index (χ1) is 18.3. The van der Waals surface area contributed by atoms with Crippen molar-refractivity contribution in [3.63, 3.8) is 0 Å². The molecule has 2 saturated carbocycles. The molecule has 10 nitrogen and oxygen atoms in total. The predicted octanol–water partition coefficient (Wildman–Crippen LogP) is 4.50. The fraction of sp³-hybridized carbons (Fsp3) is 0.519. The van der Waals surface area contributed by atoms with Crippen molar-refractivity contribution >= 4 is 29.1 Å². The van der Waals surface area contributed by atoms with E-state index in [-0.39, 0.29) is 29.8 Å². The van der Waals surface area contributed by atoms with Gasteiger partial charge >= 0.3 is 0 Å². The Morgan fingerprint density at radius 2 is 1.82 bits per heavy atom. The van der Waals surface area contributed by atoms with Crippen LogP contribution in [0.5, 0.6) is 5.88 Å². The van der Waals surface area contributed by atoms with Gasteiger partial charge < -0.3 is 15.4 Å². The summed E-state index contributed by atoms with van der Waals surface area (Å²) in [6.45, 7) is 5.89. The van der Waals surface area contributed by atoms with Crippen LogP contribution in [0.15, 0.2) is 36.9 Å². The zero-order chi connectivity index (χ0) is 27.0. The molecule has 0 aromatic carbocycles. The van der Waals surface area contributed by atoms with E-state index >= 15 is 0 Å². The zero-order valence-corrected chi connectivity index (χ0v) is 22.9. The molecule has 3 aromatic rings. The van der Waals surface area contributed by atoms with E-state index in [1.165, 1.54) is 6.20 Å². The second-order valence-corrected chi connectivity index (χ2v) is 11.0. The number of aromatic nitrogens is 5. The molecule has 0 bridgehead atoms. The van der Waals surface area contributed by atoms with E-state index in [0.717, 1.165) is 31.2 Å². The minimum absolute atomic E-state index is 0.0295. The predicted molar refractivity (Wildman–Crippen MR) is 143 cm³/mol. The van der Waals surface area contributed by atoms with Crippen molar-refractivity contribution in [2.45, 2.75) is 64.6 Å². The van der Waals surface area contributed by atoms with Crippen molar-refractivity contribution in [2.75, 3.05) is 12.4 Å². The van der Waals surface area contributed by atoms with E-state index in [1.807, 2.05) is 20.8 Å². The Bertz CT molecular complexity index is 1300. The maximum atomic E-state index is 13.7. The number of hydrogen-bond acceptors (Lipinski definition) is 6. The number of ether oxygens (including phenoxy) is 1. The highest BCUT2D eigenvalue weighted by molar-refractivity contribution is 6.30. The molecule has 202 valence electrons. The molecule has 3 aromatic heterocycles. The minimum atomic E-state index is -0.643. The largest absolute Gasteiger partial charge is 0.481 e. The van der Waals surface area contributed by atoms with Gasteiger partial charge in [0.2, 0.25) is 11.8 Å². The van der Waals surface area contributed by atoms with E-state index in [4.69, 9.17) is 16.3 Å². The van der Waals surface area contributed by atoms with Gasteiger partial charge in [-0.1, -0.05) is 11.6 Å². The molecule has 0 aliphatic heterocycles. The van der Waals surface area contributed by atoms with E-state index in [2.05, 4.69) is 25.8 Å². The lowest BCUT2D eigenvalue weighted by molar-refractivity contribution is -0.119. The lowest BCUT2D eigenvalue weighted by Crippen LogP contribution is -2.50. The Balaban J connectivity index is 1.35. The Morgan fingerprint density at radius 1 is 1.11 bits per heavy atom. The van der Waals surface area contributed by atoms with Crippen molar-refractivity contribution in [1.82, 2.24) is 29.9 Å². The lowest BCUT2D eigenvalue weighted by Gasteiger charge is -2.27. The highest BCUT2D eigenvalue weighted by atomic mass is 35.5. The van der Waals surface area contributed by atoms with Crippen molar-refractivity contribution in [3.05, 3.63) is 53.2 Å². The monoisotopic (exact) mass is 539 g/mol. The van der Waals surface area contributed by atoms with Crippen LogP contribution in [0, 0.1) is 17.8 Å². The molecule has 2 aliphatic rings. The molecule has 2 amide bonds. The molecule has 2 fully saturated rings. The Hall–Kier alpha value is -3.40. The number of carbonyl (C=O) groups excluding carboxylic acids is 2. The van der Waals surface area contributed by atoms with Crippen molar-refractivity contribution < 1.29 is 14.3 Å². The lowest BCUT2D eigenvalue weighted by atomic mass is 9.88. The first-order valence-electron chi connectivity index (χ1n) is 13.2. The second-order valence-electron chi connectivity index (χ2n) is 10.6. The maximum Gasteiger partial charge on any atom is 0.270 e. The third-order valence-corrected chi connectivity index (χ3v) is 7.64. The molecule has 2 N–H and O–H groups in total. The van der Waals surface area contributed by atoms with Crippen LogP contribution in [0.25, 0.3) is 0 Å². The Kier molecular flexibility index (Phi) is 7.43. The summed E-state index contributed by atoms with van der Waals surface area (Å²) in [5.74, 6) is 0.978. The fourth-order valence-electron chi connectivity index (χ4n) is 5.24. The smallest absolute Gasteiger partial charge is 0.270 e. The molecular formula is C27H34ClN7O3. The Morgan fingerprint density at radius 3 is 2.45 bits per heavy atom. The standard InChI is InChI=1S/C27H34ClN7O3/c1-15(2)35-22(9-10-30-35)25(36)33-24(23(17-5-6-17)18-7-8-18)26(37)32-20-13-31-34(14-20)16(3)21-11-19(28)12-29-27(21)38-4/h9-18,23-24H,5-8H2,1-4H3,(H,32,37)(H,33,36). The second kappa shape index (κ2) is 10.8. The first-order valence-corrected chi connectivity index (χ1v) is 13.5. The van der Waals surface area contributed by atoms with Crippen molar-refractivity contribution in [2.24, 2.45) is 17.8 Å². The number of rotatable bonds is 11. The van der Waals surface area contributed by atoms with E-state index in [0.29, 0.717) is 34.1 Å². The molecule has 2 aliphatic carbocycles. The fourth-order valence-corrected chi connectivity index (χ4v) is 5.40. The van der Waals surface area contributed by atoms with E-state index < -0.39 is 6.04 Å². The minimum Gasteiger partial charge on any atom is -0.481 e. The van der Waals surface area contributed by atoms with Gasteiger partial charge in [-0.05, 0) is 76.3 Å². The summed E-state index contributed by atoms with van der Waals surface area (Å²) >= 11 is 6.17. The van der Waals surface area contributed by atoms with Gasteiger partial charge in [0.15, 0.2) is 0 Å². The van der Waals surface area contributed by atoms with Crippen LogP contribution < -0.4 is 15.4 Å². The van der Waals surface area contributed by atoms with Gasteiger partial charge in [0.1, 0.15) is 11.7 Å². The summed E-state index contributed by atoms with van der Waals surface area (Å²) in [6.07, 6.45) is 10.9. The van der Waals surface area contributed by atoms with Crippen molar-refractivity contribution in [1.29, 1.82) is 0 Å². The summed E-state index contributed by atoms with van der Waals surface area (Å²) in [6, 6.07) is 2.64. The van der Waals surface area contributed by atoms with Gasteiger partial charge in [0.25, 0.3) is 5.91 Å². The molecule has 2 atom stereocenters. The number of hydrogen-bond donors (Lipinski definition) is 2. The third-order valence-electron chi connectivity index (χ3n) is 7.43. The molecule has 0 saturated heterocycles. The third kappa shape index (κ3) is 5.55. The highest BCUT2D eigenvalue weighted by Crippen LogP contribution is 2.51.